The zero-order valence-electron chi connectivity index (χ0n) is 52.4. The zero-order chi connectivity index (χ0) is 66.3. The normalized spacial score (nSPS) is 12.7. The summed E-state index contributed by atoms with van der Waals surface area (Å²) in [6, 6.07) is 33.6. The van der Waals surface area contributed by atoms with Gasteiger partial charge in [0, 0.05) is 122 Å². The van der Waals surface area contributed by atoms with Crippen LogP contribution in [0.5, 0.6) is 11.5 Å². The number of aromatic amines is 1. The van der Waals surface area contributed by atoms with Gasteiger partial charge in [-0.15, -0.1) is 0 Å². The van der Waals surface area contributed by atoms with Crippen molar-refractivity contribution < 1.29 is 58.3 Å². The van der Waals surface area contributed by atoms with E-state index in [4.69, 9.17) is 38.0 Å². The summed E-state index contributed by atoms with van der Waals surface area (Å²) in [5.74, 6) is -0.148. The van der Waals surface area contributed by atoms with E-state index in [0.717, 1.165) is 66.1 Å². The molecule has 0 saturated carbocycles. The molecule has 26 heteroatoms. The van der Waals surface area contributed by atoms with Crippen molar-refractivity contribution in [3.63, 3.8) is 0 Å². The maximum Gasteiger partial charge on any atom is 0.255 e. The highest BCUT2D eigenvalue weighted by Gasteiger charge is 2.33. The van der Waals surface area contributed by atoms with Crippen molar-refractivity contribution in [2.75, 3.05) is 55.9 Å². The number of fused-ring (bicyclic) bond motifs is 12. The molecule has 3 N–H and O–H groups in total. The monoisotopic (exact) mass is 1320 g/mol. The molecule has 10 heterocycles. The van der Waals surface area contributed by atoms with Gasteiger partial charge < -0.3 is 38.7 Å². The van der Waals surface area contributed by atoms with Gasteiger partial charge in [-0.2, -0.15) is 0 Å². The van der Waals surface area contributed by atoms with Gasteiger partial charge in [-0.05, 0) is 115 Å². The topological polar surface area (TPSA) is 259 Å². The number of furan rings is 2. The zero-order valence-corrected chi connectivity index (χ0v) is 55.1. The number of amides is 2. The summed E-state index contributed by atoms with van der Waals surface area (Å²) in [5, 5.41) is 8.04. The van der Waals surface area contributed by atoms with E-state index in [9.17, 15) is 35.2 Å². The summed E-state index contributed by atoms with van der Waals surface area (Å²) in [6.45, 7) is 8.47. The van der Waals surface area contributed by atoms with E-state index in [2.05, 4.69) is 40.2 Å². The van der Waals surface area contributed by atoms with Crippen LogP contribution in [0.3, 0.4) is 0 Å². The maximum atomic E-state index is 13.8. The number of ether oxygens (including phenoxy) is 3. The molecule has 0 atom stereocenters. The van der Waals surface area contributed by atoms with Crippen LogP contribution in [0.25, 0.3) is 112 Å². The van der Waals surface area contributed by atoms with Crippen molar-refractivity contribution in [2.24, 2.45) is 0 Å². The molecule has 12 aromatic rings. The van der Waals surface area contributed by atoms with Crippen LogP contribution < -0.4 is 28.7 Å². The third-order valence-electron chi connectivity index (χ3n) is 16.7. The average molecular weight is 1330 g/mol. The molecular formula is C68H62F2N10O11S2Si. The molecule has 21 nitrogen and oxygen atoms in total. The van der Waals surface area contributed by atoms with Gasteiger partial charge in [0.2, 0.25) is 20.0 Å². The fourth-order valence-corrected chi connectivity index (χ4v) is 13.5. The van der Waals surface area contributed by atoms with Crippen molar-refractivity contribution >= 4 is 95.3 Å². The van der Waals surface area contributed by atoms with Crippen molar-refractivity contribution in [3.8, 4) is 79.4 Å². The van der Waals surface area contributed by atoms with E-state index in [-0.39, 0.29) is 46.2 Å². The van der Waals surface area contributed by atoms with Gasteiger partial charge in [0.15, 0.2) is 0 Å². The van der Waals surface area contributed by atoms with Gasteiger partial charge in [-0.3, -0.25) is 22.8 Å². The number of rotatable bonds is 15. The Labute approximate surface area is 539 Å². The molecule has 0 radical (unpaired) electrons. The second kappa shape index (κ2) is 24.0. The average Bonchev–Trinajstić information content (AvgIpc) is 1.55. The number of hydrogen-bond acceptors (Lipinski definition) is 15. The lowest BCUT2D eigenvalue weighted by atomic mass is 10.00. The molecule has 2 aliphatic heterocycles. The van der Waals surface area contributed by atoms with Gasteiger partial charge in [-0.25, -0.2) is 45.6 Å². The highest BCUT2D eigenvalue weighted by Crippen LogP contribution is 2.48. The standard InChI is InChI=1S/C37H38FN5O6SSi.C31H24FN5O5S/c1-39-37(44)32-26-18-25(29(42(2)50(3,45)46)19-31(26)49-35(32)22-9-11-23(38)12-10-22)28-13-14-30-33(41-28)34-27(20-48-30)24-8-7-15-40-36(24)43(34)21-47-16-17-51(4,5)6;1-33-31(38)26-20-13-19(22-10-11-24-28(35-22)27-21(15-41-24)18-5-4-12-34-30(18)36-27)23(37(2)43(3,39)40)14-25(20)42-29(26)16-6-8-17(32)9-7-16/h7-15,18-19H,16-17,20-21H2,1-6H3,(H,39,44);4-14H,15H2,1-3H3,(H,33,38)(H,34,36). The van der Waals surface area contributed by atoms with Gasteiger partial charge in [-0.1, -0.05) is 19.6 Å². The number of hydrogen-bond donors (Lipinski definition) is 3. The van der Waals surface area contributed by atoms with Gasteiger partial charge in [0.1, 0.15) is 88.4 Å². The smallest absolute Gasteiger partial charge is 0.255 e. The number of halogens is 2. The highest BCUT2D eigenvalue weighted by atomic mass is 32.2. The Morgan fingerprint density at radius 2 is 1.13 bits per heavy atom. The van der Waals surface area contributed by atoms with Crippen LogP contribution in [0.15, 0.2) is 143 Å². The molecule has 8 aromatic heterocycles. The summed E-state index contributed by atoms with van der Waals surface area (Å²) < 4.78 is 114. The Hall–Kier alpha value is -10.3. The minimum atomic E-state index is -3.76. The largest absolute Gasteiger partial charge is 0.486 e. The molecule has 0 unspecified atom stereocenters. The molecule has 94 heavy (non-hydrogen) atoms. The first-order chi connectivity index (χ1) is 44.9. The van der Waals surface area contributed by atoms with Crippen LogP contribution in [0.2, 0.25) is 25.7 Å². The number of nitrogens with zero attached hydrogens (tertiary/aromatic N) is 7. The highest BCUT2D eigenvalue weighted by molar-refractivity contribution is 7.92. The molecule has 480 valence electrons. The first kappa shape index (κ1) is 62.5. The van der Waals surface area contributed by atoms with Crippen molar-refractivity contribution in [1.29, 1.82) is 0 Å². The number of sulfonamides is 2. The Balaban J connectivity index is 0.000000173. The van der Waals surface area contributed by atoms with Crippen LogP contribution in [-0.4, -0.2) is 114 Å². The first-order valence-electron chi connectivity index (χ1n) is 29.7. The number of carbonyl (C=O) groups excluding carboxylic acids is 2. The predicted octanol–water partition coefficient (Wildman–Crippen LogP) is 12.8. The minimum absolute atomic E-state index is 0.219. The summed E-state index contributed by atoms with van der Waals surface area (Å²) in [4.78, 5) is 49.1. The van der Waals surface area contributed by atoms with Crippen LogP contribution >= 0.6 is 0 Å². The number of pyridine rings is 4. The Morgan fingerprint density at radius 3 is 1.64 bits per heavy atom. The minimum Gasteiger partial charge on any atom is -0.486 e. The van der Waals surface area contributed by atoms with E-state index >= 15 is 0 Å². The van der Waals surface area contributed by atoms with Crippen LogP contribution in [0.1, 0.15) is 31.8 Å². The fourth-order valence-electron chi connectivity index (χ4n) is 11.7. The number of benzene rings is 4. The lowest BCUT2D eigenvalue weighted by Gasteiger charge is -2.23. The lowest BCUT2D eigenvalue weighted by Crippen LogP contribution is -2.25. The maximum absolute atomic E-state index is 13.8. The van der Waals surface area contributed by atoms with E-state index in [0.29, 0.717) is 98.5 Å². The SMILES string of the molecule is CNC(=O)c1c(-c2ccc(F)cc2)oc2cc(N(C)S(C)(=O)=O)c(-c3ccc4c(n3)-c3[nH]c5ncccc5c3CO4)cc12.CNC(=O)c1c(-c2ccc(F)cc2)oc2cc(N(C)S(C)(=O)=O)c(-c3ccc4c(n3)-c3c(c5cccnc5n3COCC[Si](C)(C)C)CO4)cc12. The van der Waals surface area contributed by atoms with E-state index in [1.165, 1.54) is 76.7 Å². The van der Waals surface area contributed by atoms with Gasteiger partial charge >= 0.3 is 0 Å². The number of anilines is 2. The number of H-pyrrole nitrogens is 1. The number of nitrogens with one attached hydrogen (secondary N) is 3. The van der Waals surface area contributed by atoms with Crippen LogP contribution in [0, 0.1) is 11.6 Å². The Kier molecular flexibility index (Phi) is 16.0. The van der Waals surface area contributed by atoms with Crippen molar-refractivity contribution in [3.05, 3.63) is 168 Å². The van der Waals surface area contributed by atoms with Crippen LogP contribution in [0.4, 0.5) is 20.2 Å². The molecule has 0 fully saturated rings. The summed E-state index contributed by atoms with van der Waals surface area (Å²) in [7, 11) is -2.90. The Morgan fingerprint density at radius 1 is 0.638 bits per heavy atom. The molecule has 0 saturated heterocycles. The third-order valence-corrected chi connectivity index (χ3v) is 20.8. The summed E-state index contributed by atoms with van der Waals surface area (Å²) in [6.07, 6.45) is 5.65. The molecule has 0 spiro atoms. The van der Waals surface area contributed by atoms with Gasteiger partial charge in [0.25, 0.3) is 11.8 Å². The lowest BCUT2D eigenvalue weighted by molar-refractivity contribution is 0.0904. The summed E-state index contributed by atoms with van der Waals surface area (Å²) in [5.41, 5.74) is 10.3. The molecule has 2 amide bonds. The molecule has 14 rings (SSSR count). The van der Waals surface area contributed by atoms with E-state index in [1.54, 1.807) is 54.9 Å². The summed E-state index contributed by atoms with van der Waals surface area (Å²) >= 11 is 0. The molecule has 4 aromatic carbocycles. The van der Waals surface area contributed by atoms with Crippen molar-refractivity contribution in [1.82, 2.24) is 40.1 Å². The van der Waals surface area contributed by atoms with Crippen molar-refractivity contribution in [2.45, 2.75) is 45.6 Å². The number of aromatic nitrogens is 6. The van der Waals surface area contributed by atoms with Gasteiger partial charge in [0.05, 0.1) is 57.8 Å². The Bertz CT molecular complexity index is 5300. The quantitative estimate of drug-likeness (QED) is 0.0637. The molecule has 0 bridgehead atoms. The van der Waals surface area contributed by atoms with E-state index < -0.39 is 51.6 Å². The van der Waals surface area contributed by atoms with E-state index in [1.807, 2.05) is 34.9 Å². The fraction of sp³-hybridized carbons (Fsp3) is 0.206. The number of carbonyl (C=O) groups is 2. The third kappa shape index (κ3) is 11.4. The predicted molar refractivity (Wildman–Crippen MR) is 360 cm³/mol. The van der Waals surface area contributed by atoms with Crippen LogP contribution in [-0.2, 0) is 44.7 Å². The second-order valence-electron chi connectivity index (χ2n) is 24.0. The first-order valence-corrected chi connectivity index (χ1v) is 37.1. The second-order valence-corrected chi connectivity index (χ2v) is 33.6. The molecule has 0 aliphatic carbocycles. The molecule has 2 aliphatic rings. The molecular weight excluding hydrogens is 1260 g/mol.